The van der Waals surface area contributed by atoms with Gasteiger partial charge in [0, 0.05) is 17.0 Å². The number of hydrogen-bond donors (Lipinski definition) is 1. The van der Waals surface area contributed by atoms with Gasteiger partial charge in [0.05, 0.1) is 0 Å². The van der Waals surface area contributed by atoms with Crippen LogP contribution in [0.2, 0.25) is 0 Å². The van der Waals surface area contributed by atoms with E-state index in [1.807, 2.05) is 18.2 Å². The van der Waals surface area contributed by atoms with Crippen LogP contribution < -0.4 is 5.32 Å². The molecule has 0 unspecified atom stereocenters. The molecule has 1 aromatic heterocycles. The summed E-state index contributed by atoms with van der Waals surface area (Å²) in [6, 6.07) is 10.2. The number of aryl methyl sites for hydroxylation is 2. The number of nitrogens with zero attached hydrogens (tertiary/aromatic N) is 2. The van der Waals surface area contributed by atoms with E-state index < -0.39 is 0 Å². The molecule has 2 aromatic rings. The van der Waals surface area contributed by atoms with Crippen molar-refractivity contribution in [3.05, 3.63) is 47.3 Å². The number of aromatic nitrogens is 2. The Morgan fingerprint density at radius 2 is 1.52 bits per heavy atom. The van der Waals surface area contributed by atoms with Crippen LogP contribution in [0.4, 0.5) is 0 Å². The summed E-state index contributed by atoms with van der Waals surface area (Å²) >= 11 is 0. The third kappa shape index (κ3) is 3.88. The highest BCUT2D eigenvalue weighted by atomic mass is 14.9. The highest BCUT2D eigenvalue weighted by Gasteiger charge is 2.12. The molecule has 0 bridgehead atoms. The van der Waals surface area contributed by atoms with Gasteiger partial charge in [0.25, 0.3) is 0 Å². The van der Waals surface area contributed by atoms with Crippen LogP contribution in [0.25, 0.3) is 11.4 Å². The van der Waals surface area contributed by atoms with Crippen LogP contribution in [0.15, 0.2) is 30.3 Å². The Labute approximate surface area is 127 Å². The summed E-state index contributed by atoms with van der Waals surface area (Å²) in [5.41, 5.74) is 4.82. The Kier molecular flexibility index (Phi) is 5.88. The molecule has 1 aromatic carbocycles. The first-order chi connectivity index (χ1) is 10.3. The maximum absolute atomic E-state index is 4.81. The molecule has 3 nitrogen and oxygen atoms in total. The Hall–Kier alpha value is -1.74. The van der Waals surface area contributed by atoms with Gasteiger partial charge in [-0.3, -0.25) is 0 Å². The van der Waals surface area contributed by atoms with E-state index in [1.54, 1.807) is 0 Å². The van der Waals surface area contributed by atoms with Crippen LogP contribution in [0.3, 0.4) is 0 Å². The van der Waals surface area contributed by atoms with E-state index in [1.165, 1.54) is 17.0 Å². The topological polar surface area (TPSA) is 37.8 Å². The molecule has 0 aliphatic heterocycles. The van der Waals surface area contributed by atoms with Gasteiger partial charge in [-0.1, -0.05) is 51.1 Å². The van der Waals surface area contributed by atoms with Gasteiger partial charge >= 0.3 is 0 Å². The van der Waals surface area contributed by atoms with Crippen molar-refractivity contribution in [2.75, 3.05) is 13.1 Å². The monoisotopic (exact) mass is 283 g/mol. The lowest BCUT2D eigenvalue weighted by Crippen LogP contribution is -2.18. The van der Waals surface area contributed by atoms with Gasteiger partial charge in [-0.2, -0.15) is 0 Å². The van der Waals surface area contributed by atoms with E-state index in [-0.39, 0.29) is 0 Å². The van der Waals surface area contributed by atoms with E-state index in [9.17, 15) is 0 Å². The third-order valence-electron chi connectivity index (χ3n) is 3.68. The van der Waals surface area contributed by atoms with Crippen LogP contribution in [0, 0.1) is 0 Å². The molecule has 0 aliphatic rings. The molecule has 0 atom stereocenters. The Morgan fingerprint density at radius 1 is 0.905 bits per heavy atom. The van der Waals surface area contributed by atoms with E-state index in [4.69, 9.17) is 9.97 Å². The van der Waals surface area contributed by atoms with Gasteiger partial charge in [0.1, 0.15) is 0 Å². The van der Waals surface area contributed by atoms with Crippen molar-refractivity contribution in [1.29, 1.82) is 0 Å². The quantitative estimate of drug-likeness (QED) is 0.791. The molecule has 2 rings (SSSR count). The molecule has 0 spiro atoms. The molecule has 112 valence electrons. The Bertz CT molecular complexity index is 539. The molecule has 0 saturated heterocycles. The minimum atomic E-state index is 0.858. The molecule has 0 radical (unpaired) electrons. The molecule has 0 amide bonds. The third-order valence-corrected chi connectivity index (χ3v) is 3.68. The maximum Gasteiger partial charge on any atom is 0.159 e. The van der Waals surface area contributed by atoms with Gasteiger partial charge in [0.2, 0.25) is 0 Å². The lowest BCUT2D eigenvalue weighted by atomic mass is 10.0. The zero-order valence-electron chi connectivity index (χ0n) is 13.3. The Morgan fingerprint density at radius 3 is 2.05 bits per heavy atom. The first-order valence-corrected chi connectivity index (χ1v) is 7.94. The number of rotatable bonds is 7. The predicted molar refractivity (Wildman–Crippen MR) is 88.5 cm³/mol. The molecule has 0 fully saturated rings. The molecule has 3 heteroatoms. The van der Waals surface area contributed by atoms with Gasteiger partial charge in [-0.15, -0.1) is 0 Å². The molecule has 21 heavy (non-hydrogen) atoms. The molecule has 0 saturated carbocycles. The average molecular weight is 283 g/mol. The molecule has 0 aliphatic carbocycles. The highest BCUT2D eigenvalue weighted by Crippen LogP contribution is 2.20. The van der Waals surface area contributed by atoms with Gasteiger partial charge < -0.3 is 5.32 Å². The van der Waals surface area contributed by atoms with Crippen LogP contribution >= 0.6 is 0 Å². The van der Waals surface area contributed by atoms with E-state index in [0.717, 1.165) is 43.7 Å². The second-order valence-corrected chi connectivity index (χ2v) is 5.10. The van der Waals surface area contributed by atoms with E-state index in [2.05, 4.69) is 38.2 Å². The number of hydrogen-bond acceptors (Lipinski definition) is 3. The number of likely N-dealkylation sites (N-methyl/N-ethyl adjacent to an activating group) is 1. The SMILES string of the molecule is CCNCCc1c(CC)nc(-c2ccccc2)nc1CC. The van der Waals surface area contributed by atoms with Crippen molar-refractivity contribution >= 4 is 0 Å². The summed E-state index contributed by atoms with van der Waals surface area (Å²) in [5, 5.41) is 3.39. The lowest BCUT2D eigenvalue weighted by Gasteiger charge is -2.14. The fourth-order valence-electron chi connectivity index (χ4n) is 2.56. The fourth-order valence-corrected chi connectivity index (χ4v) is 2.56. The zero-order chi connectivity index (χ0) is 15.1. The van der Waals surface area contributed by atoms with Crippen molar-refractivity contribution in [3.63, 3.8) is 0 Å². The number of benzene rings is 1. The molecule has 1 N–H and O–H groups in total. The fraction of sp³-hybridized carbons (Fsp3) is 0.444. The lowest BCUT2D eigenvalue weighted by molar-refractivity contribution is 0.702. The standard InChI is InChI=1S/C18H25N3/c1-4-16-15(12-13-19-6-3)17(5-2)21-18(20-16)14-10-8-7-9-11-14/h7-11,19H,4-6,12-13H2,1-3H3. The second kappa shape index (κ2) is 7.89. The minimum absolute atomic E-state index is 0.858. The summed E-state index contributed by atoms with van der Waals surface area (Å²) in [4.78, 5) is 9.62. The predicted octanol–water partition coefficient (Wildman–Crippen LogP) is 3.42. The summed E-state index contributed by atoms with van der Waals surface area (Å²) < 4.78 is 0. The van der Waals surface area contributed by atoms with E-state index >= 15 is 0 Å². The van der Waals surface area contributed by atoms with Crippen molar-refractivity contribution in [1.82, 2.24) is 15.3 Å². The van der Waals surface area contributed by atoms with Gasteiger partial charge in [-0.25, -0.2) is 9.97 Å². The highest BCUT2D eigenvalue weighted by molar-refractivity contribution is 5.55. The van der Waals surface area contributed by atoms with Crippen LogP contribution in [0.5, 0.6) is 0 Å². The van der Waals surface area contributed by atoms with Gasteiger partial charge in [-0.05, 0) is 37.9 Å². The first-order valence-electron chi connectivity index (χ1n) is 7.94. The zero-order valence-corrected chi connectivity index (χ0v) is 13.3. The van der Waals surface area contributed by atoms with Crippen molar-refractivity contribution in [3.8, 4) is 11.4 Å². The summed E-state index contributed by atoms with van der Waals surface area (Å²) in [5.74, 6) is 0.858. The van der Waals surface area contributed by atoms with Crippen LogP contribution in [-0.2, 0) is 19.3 Å². The number of nitrogens with one attached hydrogen (secondary N) is 1. The Balaban J connectivity index is 2.38. The van der Waals surface area contributed by atoms with Crippen molar-refractivity contribution in [2.24, 2.45) is 0 Å². The van der Waals surface area contributed by atoms with E-state index in [0.29, 0.717) is 0 Å². The molecular formula is C18H25N3. The average Bonchev–Trinajstić information content (AvgIpc) is 2.55. The smallest absolute Gasteiger partial charge is 0.159 e. The van der Waals surface area contributed by atoms with Crippen LogP contribution in [0.1, 0.15) is 37.7 Å². The minimum Gasteiger partial charge on any atom is -0.317 e. The van der Waals surface area contributed by atoms with Crippen molar-refractivity contribution < 1.29 is 0 Å². The maximum atomic E-state index is 4.81. The largest absolute Gasteiger partial charge is 0.317 e. The second-order valence-electron chi connectivity index (χ2n) is 5.10. The first kappa shape index (κ1) is 15.6. The summed E-state index contributed by atoms with van der Waals surface area (Å²) in [6.45, 7) is 8.48. The summed E-state index contributed by atoms with van der Waals surface area (Å²) in [7, 11) is 0. The molecule has 1 heterocycles. The van der Waals surface area contributed by atoms with Crippen LogP contribution in [-0.4, -0.2) is 23.1 Å². The van der Waals surface area contributed by atoms with Crippen molar-refractivity contribution in [2.45, 2.75) is 40.0 Å². The van der Waals surface area contributed by atoms with Gasteiger partial charge in [0.15, 0.2) is 5.82 Å². The summed E-state index contributed by atoms with van der Waals surface area (Å²) in [6.07, 6.45) is 2.92. The molecular weight excluding hydrogens is 258 g/mol. The normalized spacial score (nSPS) is 10.8.